The summed E-state index contributed by atoms with van der Waals surface area (Å²) in [6.45, 7) is 0. The van der Waals surface area contributed by atoms with Crippen molar-refractivity contribution in [1.82, 2.24) is 30.8 Å². The predicted octanol–water partition coefficient (Wildman–Crippen LogP) is 4.49. The van der Waals surface area contributed by atoms with Crippen LogP contribution in [-0.2, 0) is 0 Å². The minimum atomic E-state index is -0.310. The Morgan fingerprint density at radius 2 is 1.78 bits per heavy atom. The molecule has 32 heavy (non-hydrogen) atoms. The molecule has 5 aromatic rings. The van der Waals surface area contributed by atoms with Gasteiger partial charge in [0.2, 0.25) is 11.6 Å². The number of aromatic nitrogens is 6. The minimum Gasteiger partial charge on any atom is -0.334 e. The second kappa shape index (κ2) is 8.40. The Labute approximate surface area is 186 Å². The van der Waals surface area contributed by atoms with Crippen molar-refractivity contribution in [2.24, 2.45) is 0 Å². The fraction of sp³-hybridized carbons (Fsp3) is 0. The van der Waals surface area contributed by atoms with Gasteiger partial charge in [0.1, 0.15) is 0 Å². The Bertz CT molecular complexity index is 1380. The smallest absolute Gasteiger partial charge is 0.259 e. The molecule has 5 rings (SSSR count). The lowest BCUT2D eigenvalue weighted by Gasteiger charge is -2.08. The van der Waals surface area contributed by atoms with Gasteiger partial charge < -0.3 is 9.84 Å². The molecule has 2 heterocycles. The number of carbonyl (C=O) groups excluding carboxylic acids is 1. The van der Waals surface area contributed by atoms with E-state index in [9.17, 15) is 4.79 Å². The number of tetrazole rings is 1. The van der Waals surface area contributed by atoms with Crippen LogP contribution in [0.4, 0.5) is 5.69 Å². The average molecular weight is 444 g/mol. The second-order valence-corrected chi connectivity index (χ2v) is 7.18. The van der Waals surface area contributed by atoms with Gasteiger partial charge in [0.25, 0.3) is 11.8 Å². The van der Waals surface area contributed by atoms with Crippen molar-refractivity contribution in [2.75, 3.05) is 5.32 Å². The maximum atomic E-state index is 13.0. The van der Waals surface area contributed by atoms with Crippen molar-refractivity contribution in [3.63, 3.8) is 0 Å². The molecule has 0 aliphatic heterocycles. The number of carbonyl (C=O) groups is 1. The number of amides is 1. The van der Waals surface area contributed by atoms with E-state index in [1.165, 1.54) is 0 Å². The first-order chi connectivity index (χ1) is 15.7. The van der Waals surface area contributed by atoms with E-state index in [2.05, 4.69) is 36.1 Å². The van der Waals surface area contributed by atoms with Crippen molar-refractivity contribution in [3.8, 4) is 34.2 Å². The highest BCUT2D eigenvalue weighted by Gasteiger charge is 2.18. The van der Waals surface area contributed by atoms with Gasteiger partial charge in [-0.3, -0.25) is 4.79 Å². The molecule has 2 aromatic heterocycles. The lowest BCUT2D eigenvalue weighted by molar-refractivity contribution is 0.102. The van der Waals surface area contributed by atoms with Gasteiger partial charge in [-0.2, -0.15) is 10.2 Å². The van der Waals surface area contributed by atoms with Crippen LogP contribution < -0.4 is 5.32 Å². The van der Waals surface area contributed by atoms with Crippen LogP contribution in [0.3, 0.4) is 0 Å². The summed E-state index contributed by atoms with van der Waals surface area (Å²) in [7, 11) is 0. The van der Waals surface area contributed by atoms with Crippen LogP contribution >= 0.6 is 11.6 Å². The number of anilines is 1. The van der Waals surface area contributed by atoms with E-state index in [4.69, 9.17) is 16.1 Å². The molecule has 0 unspecified atom stereocenters. The Hall–Kier alpha value is -4.37. The zero-order chi connectivity index (χ0) is 21.9. The van der Waals surface area contributed by atoms with Crippen molar-refractivity contribution in [1.29, 1.82) is 0 Å². The van der Waals surface area contributed by atoms with E-state index in [0.717, 1.165) is 11.1 Å². The van der Waals surface area contributed by atoms with E-state index in [1.54, 1.807) is 66.7 Å². The molecule has 9 nitrogen and oxygen atoms in total. The fourth-order valence-corrected chi connectivity index (χ4v) is 3.32. The molecule has 156 valence electrons. The summed E-state index contributed by atoms with van der Waals surface area (Å²) in [5.74, 6) is 0.781. The highest BCUT2D eigenvalue weighted by atomic mass is 35.5. The summed E-state index contributed by atoms with van der Waals surface area (Å²) in [6.07, 6.45) is 0. The number of benzene rings is 3. The number of hydrogen-bond acceptors (Lipinski definition) is 7. The monoisotopic (exact) mass is 443 g/mol. The molecule has 0 aliphatic rings. The van der Waals surface area contributed by atoms with Crippen LogP contribution in [0.25, 0.3) is 34.2 Å². The van der Waals surface area contributed by atoms with Gasteiger partial charge in [-0.15, -0.1) is 10.2 Å². The Morgan fingerprint density at radius 3 is 2.56 bits per heavy atom. The molecule has 0 bridgehead atoms. The number of nitrogens with one attached hydrogen (secondary N) is 2. The number of H-pyrrole nitrogens is 1. The van der Waals surface area contributed by atoms with E-state index in [1.807, 2.05) is 6.07 Å². The first-order valence-corrected chi connectivity index (χ1v) is 9.89. The van der Waals surface area contributed by atoms with Crippen LogP contribution in [0.2, 0.25) is 5.02 Å². The first kappa shape index (κ1) is 19.6. The van der Waals surface area contributed by atoms with E-state index < -0.39 is 0 Å². The number of nitrogens with zero attached hydrogens (tertiary/aromatic N) is 5. The summed E-state index contributed by atoms with van der Waals surface area (Å²) in [6, 6.07) is 21.3. The molecule has 2 N–H and O–H groups in total. The fourth-order valence-electron chi connectivity index (χ4n) is 3.13. The highest BCUT2D eigenvalue weighted by Crippen LogP contribution is 2.27. The SMILES string of the molecule is O=C(Nc1ccc(-c2nn[nH]n2)cc1)c1ccccc1-c1nc(-c2cccc(Cl)c2)no1. The molecule has 0 spiro atoms. The molecule has 0 saturated carbocycles. The Morgan fingerprint density at radius 1 is 0.938 bits per heavy atom. The van der Waals surface area contributed by atoms with Crippen LogP contribution in [0.1, 0.15) is 10.4 Å². The maximum Gasteiger partial charge on any atom is 0.259 e. The van der Waals surface area contributed by atoms with Gasteiger partial charge in [-0.05, 0) is 53.7 Å². The van der Waals surface area contributed by atoms with Crippen LogP contribution in [0, 0.1) is 0 Å². The zero-order valence-corrected chi connectivity index (χ0v) is 17.1. The van der Waals surface area contributed by atoms with Crippen LogP contribution in [-0.4, -0.2) is 36.7 Å². The lowest BCUT2D eigenvalue weighted by atomic mass is 10.1. The van der Waals surface area contributed by atoms with Gasteiger partial charge in [-0.1, -0.05) is 41.0 Å². The van der Waals surface area contributed by atoms with E-state index >= 15 is 0 Å². The third kappa shape index (κ3) is 3.96. The minimum absolute atomic E-state index is 0.234. The molecular formula is C22H14ClN7O2. The molecule has 0 saturated heterocycles. The van der Waals surface area contributed by atoms with Crippen molar-refractivity contribution in [2.45, 2.75) is 0 Å². The molecule has 10 heteroatoms. The largest absolute Gasteiger partial charge is 0.334 e. The number of halogens is 1. The second-order valence-electron chi connectivity index (χ2n) is 6.75. The quantitative estimate of drug-likeness (QED) is 0.410. The van der Waals surface area contributed by atoms with Crippen LogP contribution in [0.15, 0.2) is 77.3 Å². The number of hydrogen-bond donors (Lipinski definition) is 2. The molecule has 0 aliphatic carbocycles. The van der Waals surface area contributed by atoms with Gasteiger partial charge >= 0.3 is 0 Å². The molecule has 3 aromatic carbocycles. The summed E-state index contributed by atoms with van der Waals surface area (Å²) >= 11 is 6.05. The van der Waals surface area contributed by atoms with Gasteiger partial charge in [0.15, 0.2) is 0 Å². The summed E-state index contributed by atoms with van der Waals surface area (Å²) in [5, 5.41) is 21.3. The normalized spacial score (nSPS) is 10.8. The zero-order valence-electron chi connectivity index (χ0n) is 16.4. The number of aromatic amines is 1. The standard InChI is InChI=1S/C22H14ClN7O2/c23-15-5-3-4-14(12-15)19-25-22(32-28-19)18-7-2-1-6-17(18)21(31)24-16-10-8-13(9-11-16)20-26-29-30-27-20/h1-12H,(H,24,31)(H,26,27,29,30). The van der Waals surface area contributed by atoms with Gasteiger partial charge in [0, 0.05) is 21.8 Å². The summed E-state index contributed by atoms with van der Waals surface area (Å²) < 4.78 is 5.44. The summed E-state index contributed by atoms with van der Waals surface area (Å²) in [4.78, 5) is 17.4. The van der Waals surface area contributed by atoms with Gasteiger partial charge in [-0.25, -0.2) is 0 Å². The number of rotatable bonds is 5. The molecule has 1 amide bonds. The van der Waals surface area contributed by atoms with Gasteiger partial charge in [0.05, 0.1) is 11.1 Å². The summed E-state index contributed by atoms with van der Waals surface area (Å²) in [5.41, 5.74) is 3.03. The lowest BCUT2D eigenvalue weighted by Crippen LogP contribution is -2.13. The molecular weight excluding hydrogens is 430 g/mol. The predicted molar refractivity (Wildman–Crippen MR) is 118 cm³/mol. The van der Waals surface area contributed by atoms with E-state index in [-0.39, 0.29) is 11.8 Å². The molecule has 0 atom stereocenters. The Balaban J connectivity index is 1.39. The maximum absolute atomic E-state index is 13.0. The topological polar surface area (TPSA) is 122 Å². The van der Waals surface area contributed by atoms with Crippen LogP contribution in [0.5, 0.6) is 0 Å². The van der Waals surface area contributed by atoms with E-state index in [0.29, 0.717) is 33.5 Å². The highest BCUT2D eigenvalue weighted by molar-refractivity contribution is 6.30. The Kier molecular flexibility index (Phi) is 5.14. The molecule has 0 fully saturated rings. The van der Waals surface area contributed by atoms with Crippen molar-refractivity contribution >= 4 is 23.2 Å². The average Bonchev–Trinajstić information content (AvgIpc) is 3.52. The van der Waals surface area contributed by atoms with Crippen molar-refractivity contribution in [3.05, 3.63) is 83.4 Å². The molecule has 0 radical (unpaired) electrons. The third-order valence-electron chi connectivity index (χ3n) is 4.66. The van der Waals surface area contributed by atoms with Crippen molar-refractivity contribution < 1.29 is 9.32 Å². The first-order valence-electron chi connectivity index (χ1n) is 9.52. The third-order valence-corrected chi connectivity index (χ3v) is 4.89.